The van der Waals surface area contributed by atoms with Gasteiger partial charge in [-0.3, -0.25) is 9.55 Å². The molecule has 160 valence electrons. The fraction of sp³-hybridized carbons (Fsp3) is 0.174. The van der Waals surface area contributed by atoms with Crippen LogP contribution < -0.4 is 9.47 Å². The summed E-state index contributed by atoms with van der Waals surface area (Å²) in [6.45, 7) is 0.805. The zero-order valence-electron chi connectivity index (χ0n) is 16.5. The Labute approximate surface area is 180 Å². The minimum Gasteiger partial charge on any atom is -0.488 e. The fourth-order valence-electron chi connectivity index (χ4n) is 3.60. The highest BCUT2D eigenvalue weighted by Gasteiger charge is 2.30. The molecule has 1 aliphatic heterocycles. The smallest absolute Gasteiger partial charge is 0.416 e. The highest BCUT2D eigenvalue weighted by molar-refractivity contribution is 5.78. The van der Waals surface area contributed by atoms with Crippen LogP contribution in [-0.4, -0.2) is 27.2 Å². The van der Waals surface area contributed by atoms with Crippen molar-refractivity contribution in [1.29, 1.82) is 5.26 Å². The number of pyridine rings is 1. The van der Waals surface area contributed by atoms with Crippen LogP contribution in [0.4, 0.5) is 13.2 Å². The Balaban J connectivity index is 1.24. The van der Waals surface area contributed by atoms with Crippen LogP contribution in [0.25, 0.3) is 22.3 Å². The van der Waals surface area contributed by atoms with Crippen molar-refractivity contribution in [2.24, 2.45) is 0 Å². The van der Waals surface area contributed by atoms with Crippen molar-refractivity contribution < 1.29 is 22.6 Å². The van der Waals surface area contributed by atoms with E-state index in [4.69, 9.17) is 14.7 Å². The lowest BCUT2D eigenvalue weighted by Crippen LogP contribution is -2.23. The molecule has 5 rings (SSSR count). The minimum atomic E-state index is -4.41. The number of fused-ring (bicyclic) bond motifs is 3. The predicted octanol–water partition coefficient (Wildman–Crippen LogP) is 4.83. The predicted molar refractivity (Wildman–Crippen MR) is 109 cm³/mol. The SMILES string of the molecule is N#Cc1ccc2c(c1)nc1n2C[C@@H](COc2ccc(-c3cccc(C(F)(F)F)c3)nc2)O1. The van der Waals surface area contributed by atoms with E-state index in [1.54, 1.807) is 30.3 Å². The Morgan fingerprint density at radius 3 is 2.78 bits per heavy atom. The number of ether oxygens (including phenoxy) is 2. The number of rotatable bonds is 4. The lowest BCUT2D eigenvalue weighted by atomic mass is 10.1. The summed E-state index contributed by atoms with van der Waals surface area (Å²) in [6.07, 6.45) is -3.18. The van der Waals surface area contributed by atoms with Gasteiger partial charge in [-0.1, -0.05) is 12.1 Å². The molecule has 0 saturated heterocycles. The van der Waals surface area contributed by atoms with E-state index >= 15 is 0 Å². The minimum absolute atomic E-state index is 0.249. The van der Waals surface area contributed by atoms with Crippen molar-refractivity contribution >= 4 is 11.0 Å². The van der Waals surface area contributed by atoms with E-state index in [1.807, 2.05) is 10.6 Å². The molecule has 0 aliphatic carbocycles. The van der Waals surface area contributed by atoms with E-state index in [0.29, 0.717) is 40.6 Å². The average molecular weight is 436 g/mol. The molecule has 32 heavy (non-hydrogen) atoms. The lowest BCUT2D eigenvalue weighted by Gasteiger charge is -2.12. The van der Waals surface area contributed by atoms with Gasteiger partial charge in [0.15, 0.2) is 6.10 Å². The van der Waals surface area contributed by atoms with Crippen LogP contribution in [-0.2, 0) is 12.7 Å². The Morgan fingerprint density at radius 2 is 2.03 bits per heavy atom. The first-order valence-corrected chi connectivity index (χ1v) is 9.74. The Bertz CT molecular complexity index is 1340. The number of halogens is 3. The van der Waals surface area contributed by atoms with Gasteiger partial charge in [0, 0.05) is 5.56 Å². The van der Waals surface area contributed by atoms with Gasteiger partial charge in [0.05, 0.1) is 46.7 Å². The van der Waals surface area contributed by atoms with Gasteiger partial charge in [-0.15, -0.1) is 0 Å². The van der Waals surface area contributed by atoms with Crippen molar-refractivity contribution in [3.05, 3.63) is 71.9 Å². The molecule has 9 heteroatoms. The fourth-order valence-corrected chi connectivity index (χ4v) is 3.60. The second-order valence-corrected chi connectivity index (χ2v) is 7.33. The highest BCUT2D eigenvalue weighted by atomic mass is 19.4. The van der Waals surface area contributed by atoms with E-state index in [0.717, 1.165) is 17.6 Å². The highest BCUT2D eigenvalue weighted by Crippen LogP contribution is 2.32. The van der Waals surface area contributed by atoms with Gasteiger partial charge < -0.3 is 9.47 Å². The lowest BCUT2D eigenvalue weighted by molar-refractivity contribution is -0.137. The number of aromatic nitrogens is 3. The van der Waals surface area contributed by atoms with Crippen LogP contribution in [0, 0.1) is 11.3 Å². The average Bonchev–Trinajstić information content (AvgIpc) is 3.34. The molecule has 0 amide bonds. The van der Waals surface area contributed by atoms with Gasteiger partial charge in [-0.25, -0.2) is 0 Å². The molecule has 0 bridgehead atoms. The van der Waals surface area contributed by atoms with Gasteiger partial charge >= 0.3 is 6.18 Å². The molecule has 6 nitrogen and oxygen atoms in total. The molecule has 0 unspecified atom stereocenters. The molecule has 0 N–H and O–H groups in total. The van der Waals surface area contributed by atoms with Crippen LogP contribution >= 0.6 is 0 Å². The number of imidazole rings is 1. The molecule has 4 aromatic rings. The molecule has 0 fully saturated rings. The van der Waals surface area contributed by atoms with Crippen LogP contribution in [0.15, 0.2) is 60.8 Å². The van der Waals surface area contributed by atoms with Gasteiger partial charge in [-0.2, -0.15) is 23.4 Å². The van der Waals surface area contributed by atoms with Crippen LogP contribution in [0.5, 0.6) is 11.8 Å². The number of nitrogens with zero attached hydrogens (tertiary/aromatic N) is 4. The topological polar surface area (TPSA) is 73.0 Å². The van der Waals surface area contributed by atoms with Crippen molar-refractivity contribution in [2.45, 2.75) is 18.8 Å². The van der Waals surface area contributed by atoms with Gasteiger partial charge in [0.1, 0.15) is 12.4 Å². The maximum absolute atomic E-state index is 12.9. The number of hydrogen-bond acceptors (Lipinski definition) is 5. The third-order valence-electron chi connectivity index (χ3n) is 5.16. The second-order valence-electron chi connectivity index (χ2n) is 7.33. The van der Waals surface area contributed by atoms with E-state index in [2.05, 4.69) is 16.0 Å². The van der Waals surface area contributed by atoms with E-state index in [1.165, 1.54) is 12.3 Å². The van der Waals surface area contributed by atoms with Crippen molar-refractivity contribution in [3.8, 4) is 29.1 Å². The van der Waals surface area contributed by atoms with E-state index in [9.17, 15) is 13.2 Å². The summed E-state index contributed by atoms with van der Waals surface area (Å²) in [5.74, 6) is 0.484. The number of nitriles is 1. The summed E-state index contributed by atoms with van der Waals surface area (Å²) < 4.78 is 52.3. The molecular weight excluding hydrogens is 421 g/mol. The van der Waals surface area contributed by atoms with Gasteiger partial charge in [-0.05, 0) is 42.5 Å². The Kier molecular flexibility index (Phi) is 4.70. The Hall–Kier alpha value is -4.06. The third-order valence-corrected chi connectivity index (χ3v) is 5.16. The first-order valence-electron chi connectivity index (χ1n) is 9.74. The summed E-state index contributed by atoms with van der Waals surface area (Å²) in [6, 6.07) is 16.2. The van der Waals surface area contributed by atoms with E-state index < -0.39 is 11.7 Å². The maximum Gasteiger partial charge on any atom is 0.416 e. The summed E-state index contributed by atoms with van der Waals surface area (Å²) in [5.41, 5.74) is 2.20. The van der Waals surface area contributed by atoms with Gasteiger partial charge in [0.2, 0.25) is 0 Å². The zero-order valence-corrected chi connectivity index (χ0v) is 16.5. The summed E-state index contributed by atoms with van der Waals surface area (Å²) in [5, 5.41) is 9.01. The molecule has 3 heterocycles. The van der Waals surface area contributed by atoms with E-state index in [-0.39, 0.29) is 12.7 Å². The molecule has 1 atom stereocenters. The normalized spacial score (nSPS) is 15.2. The molecule has 0 spiro atoms. The number of alkyl halides is 3. The summed E-state index contributed by atoms with van der Waals surface area (Å²) >= 11 is 0. The molecular formula is C23H15F3N4O2. The quantitative estimate of drug-likeness (QED) is 0.458. The second kappa shape index (κ2) is 7.57. The van der Waals surface area contributed by atoms with Crippen molar-refractivity contribution in [3.63, 3.8) is 0 Å². The monoisotopic (exact) mass is 436 g/mol. The van der Waals surface area contributed by atoms with Crippen molar-refractivity contribution in [2.75, 3.05) is 6.61 Å². The van der Waals surface area contributed by atoms with Crippen LogP contribution in [0.1, 0.15) is 11.1 Å². The summed E-state index contributed by atoms with van der Waals surface area (Å²) in [7, 11) is 0. The molecule has 1 aliphatic rings. The van der Waals surface area contributed by atoms with Crippen LogP contribution in [0.2, 0.25) is 0 Å². The first-order chi connectivity index (χ1) is 15.4. The third kappa shape index (κ3) is 3.71. The molecule has 0 radical (unpaired) electrons. The van der Waals surface area contributed by atoms with Gasteiger partial charge in [0.25, 0.3) is 6.01 Å². The van der Waals surface area contributed by atoms with Crippen molar-refractivity contribution in [1.82, 2.24) is 14.5 Å². The van der Waals surface area contributed by atoms with Crippen LogP contribution in [0.3, 0.4) is 0 Å². The summed E-state index contributed by atoms with van der Waals surface area (Å²) in [4.78, 5) is 8.65. The Morgan fingerprint density at radius 1 is 1.16 bits per heavy atom. The molecule has 2 aromatic carbocycles. The maximum atomic E-state index is 12.9. The molecule has 0 saturated carbocycles. The molecule has 2 aromatic heterocycles. The largest absolute Gasteiger partial charge is 0.488 e. The number of benzene rings is 2. The standard InChI is InChI=1S/C23H15F3N4O2/c24-23(25,26)16-3-1-2-15(9-16)19-6-5-17(11-28-19)31-13-18-12-30-21-7-4-14(10-27)8-20(21)29-22(30)32-18/h1-9,11,18H,12-13H2/t18-/m0/s1. The zero-order chi connectivity index (χ0) is 22.3. The number of hydrogen-bond donors (Lipinski definition) is 0. The first kappa shape index (κ1) is 19.9.